The molecule has 2 N–H and O–H groups in total. The SMILES string of the molecule is Cc1nc(-c2cccs2)sc1C(=O)N(C)CC(C)(C)CN. The largest absolute Gasteiger partial charge is 0.340 e. The minimum atomic E-state index is -0.0837. The minimum absolute atomic E-state index is 0.0225. The molecule has 0 unspecified atom stereocenters. The third-order valence-electron chi connectivity index (χ3n) is 3.29. The first-order valence-electron chi connectivity index (χ1n) is 6.81. The Morgan fingerprint density at radius 3 is 2.76 bits per heavy atom. The molecule has 114 valence electrons. The van der Waals surface area contributed by atoms with Crippen LogP contribution in [0.4, 0.5) is 0 Å². The fourth-order valence-electron chi connectivity index (χ4n) is 2.05. The molecule has 2 rings (SSSR count). The van der Waals surface area contributed by atoms with Gasteiger partial charge in [-0.25, -0.2) is 4.98 Å². The van der Waals surface area contributed by atoms with Crippen LogP contribution in [-0.2, 0) is 0 Å². The number of rotatable bonds is 5. The molecular weight excluding hydrogens is 302 g/mol. The van der Waals surface area contributed by atoms with E-state index in [0.29, 0.717) is 18.0 Å². The van der Waals surface area contributed by atoms with Crippen LogP contribution < -0.4 is 5.73 Å². The predicted octanol–water partition coefficient (Wildman–Crippen LogP) is 3.24. The molecule has 21 heavy (non-hydrogen) atoms. The number of carbonyl (C=O) groups excluding carboxylic acids is 1. The molecule has 0 radical (unpaired) electrons. The fourth-order valence-corrected chi connectivity index (χ4v) is 3.91. The summed E-state index contributed by atoms with van der Waals surface area (Å²) in [6.07, 6.45) is 0. The summed E-state index contributed by atoms with van der Waals surface area (Å²) in [5.74, 6) is 0.0225. The van der Waals surface area contributed by atoms with E-state index in [4.69, 9.17) is 5.73 Å². The van der Waals surface area contributed by atoms with E-state index >= 15 is 0 Å². The van der Waals surface area contributed by atoms with E-state index < -0.39 is 0 Å². The Kier molecular flexibility index (Phi) is 4.81. The highest BCUT2D eigenvalue weighted by molar-refractivity contribution is 7.22. The number of hydrogen-bond acceptors (Lipinski definition) is 5. The van der Waals surface area contributed by atoms with Gasteiger partial charge in [0.15, 0.2) is 0 Å². The molecule has 0 spiro atoms. The zero-order valence-electron chi connectivity index (χ0n) is 12.8. The van der Waals surface area contributed by atoms with Crippen molar-refractivity contribution < 1.29 is 4.79 Å². The molecule has 0 aliphatic carbocycles. The minimum Gasteiger partial charge on any atom is -0.340 e. The van der Waals surface area contributed by atoms with Gasteiger partial charge in [-0.05, 0) is 30.3 Å². The number of aromatic nitrogens is 1. The van der Waals surface area contributed by atoms with Crippen molar-refractivity contribution in [1.29, 1.82) is 0 Å². The van der Waals surface area contributed by atoms with Gasteiger partial charge in [-0.15, -0.1) is 22.7 Å². The summed E-state index contributed by atoms with van der Waals surface area (Å²) in [6, 6.07) is 4.02. The number of thiophene rings is 1. The van der Waals surface area contributed by atoms with Gasteiger partial charge in [0.05, 0.1) is 10.6 Å². The molecule has 1 amide bonds. The topological polar surface area (TPSA) is 59.2 Å². The number of carbonyl (C=O) groups is 1. The van der Waals surface area contributed by atoms with Crippen LogP contribution in [0.15, 0.2) is 17.5 Å². The van der Waals surface area contributed by atoms with Gasteiger partial charge in [0.1, 0.15) is 9.88 Å². The summed E-state index contributed by atoms with van der Waals surface area (Å²) in [5, 5.41) is 2.93. The second-order valence-electron chi connectivity index (χ2n) is 5.94. The molecule has 0 saturated carbocycles. The van der Waals surface area contributed by atoms with Crippen molar-refractivity contribution in [3.8, 4) is 9.88 Å². The van der Waals surface area contributed by atoms with Crippen molar-refractivity contribution in [2.75, 3.05) is 20.1 Å². The van der Waals surface area contributed by atoms with E-state index in [2.05, 4.69) is 18.8 Å². The van der Waals surface area contributed by atoms with Crippen molar-refractivity contribution in [3.63, 3.8) is 0 Å². The maximum atomic E-state index is 12.6. The second-order valence-corrected chi connectivity index (χ2v) is 7.89. The van der Waals surface area contributed by atoms with Crippen molar-refractivity contribution in [2.45, 2.75) is 20.8 Å². The van der Waals surface area contributed by atoms with Crippen molar-refractivity contribution in [3.05, 3.63) is 28.1 Å². The first kappa shape index (κ1) is 16.1. The van der Waals surface area contributed by atoms with Crippen molar-refractivity contribution in [2.24, 2.45) is 11.1 Å². The average molecular weight is 323 g/mol. The highest BCUT2D eigenvalue weighted by atomic mass is 32.1. The average Bonchev–Trinajstić information content (AvgIpc) is 3.06. The molecule has 0 aliphatic heterocycles. The highest BCUT2D eigenvalue weighted by Crippen LogP contribution is 2.31. The summed E-state index contributed by atoms with van der Waals surface area (Å²) in [7, 11) is 1.82. The molecule has 0 aromatic carbocycles. The third kappa shape index (κ3) is 3.70. The van der Waals surface area contributed by atoms with E-state index in [1.54, 1.807) is 16.2 Å². The van der Waals surface area contributed by atoms with Crippen LogP contribution in [0.2, 0.25) is 0 Å². The Balaban J connectivity index is 2.20. The monoisotopic (exact) mass is 323 g/mol. The van der Waals surface area contributed by atoms with Gasteiger partial charge in [0.2, 0.25) is 0 Å². The zero-order chi connectivity index (χ0) is 15.6. The van der Waals surface area contributed by atoms with Gasteiger partial charge in [0, 0.05) is 13.6 Å². The van der Waals surface area contributed by atoms with E-state index in [0.717, 1.165) is 15.6 Å². The molecule has 0 aliphatic rings. The second kappa shape index (κ2) is 6.25. The number of nitrogens with zero attached hydrogens (tertiary/aromatic N) is 2. The lowest BCUT2D eigenvalue weighted by atomic mass is 9.93. The normalized spacial score (nSPS) is 11.7. The van der Waals surface area contributed by atoms with Gasteiger partial charge in [-0.1, -0.05) is 19.9 Å². The first-order valence-corrected chi connectivity index (χ1v) is 8.50. The van der Waals surface area contributed by atoms with Crippen LogP contribution in [0.5, 0.6) is 0 Å². The Labute approximate surface area is 133 Å². The van der Waals surface area contributed by atoms with Gasteiger partial charge < -0.3 is 10.6 Å². The number of amides is 1. The summed E-state index contributed by atoms with van der Waals surface area (Å²) in [6.45, 7) is 7.20. The summed E-state index contributed by atoms with van der Waals surface area (Å²) in [4.78, 5) is 20.7. The third-order valence-corrected chi connectivity index (χ3v) is 5.47. The van der Waals surface area contributed by atoms with Gasteiger partial charge >= 0.3 is 0 Å². The Morgan fingerprint density at radius 2 is 2.19 bits per heavy atom. The van der Waals surface area contributed by atoms with Crippen molar-refractivity contribution in [1.82, 2.24) is 9.88 Å². The molecule has 0 saturated heterocycles. The van der Waals surface area contributed by atoms with Gasteiger partial charge in [0.25, 0.3) is 5.91 Å². The maximum absolute atomic E-state index is 12.6. The summed E-state index contributed by atoms with van der Waals surface area (Å²) < 4.78 is 0. The number of thiazole rings is 1. The quantitative estimate of drug-likeness (QED) is 0.919. The van der Waals surface area contributed by atoms with Crippen LogP contribution in [0.3, 0.4) is 0 Å². The Morgan fingerprint density at radius 1 is 1.48 bits per heavy atom. The lowest BCUT2D eigenvalue weighted by Crippen LogP contribution is -2.39. The lowest BCUT2D eigenvalue weighted by Gasteiger charge is -2.28. The number of aryl methyl sites for hydroxylation is 1. The summed E-state index contributed by atoms with van der Waals surface area (Å²) >= 11 is 3.10. The molecular formula is C15H21N3OS2. The smallest absolute Gasteiger partial charge is 0.265 e. The number of nitrogens with two attached hydrogens (primary N) is 1. The van der Waals surface area contributed by atoms with E-state index in [1.807, 2.05) is 31.5 Å². The fraction of sp³-hybridized carbons (Fsp3) is 0.467. The standard InChI is InChI=1S/C15H21N3OS2/c1-10-12(14(19)18(4)9-15(2,3)8-16)21-13(17-10)11-6-5-7-20-11/h5-7H,8-9,16H2,1-4H3. The molecule has 2 heterocycles. The van der Waals surface area contributed by atoms with Crippen LogP contribution in [-0.4, -0.2) is 35.9 Å². The van der Waals surface area contributed by atoms with Crippen LogP contribution in [0.1, 0.15) is 29.2 Å². The Bertz CT molecular complexity index is 617. The van der Waals surface area contributed by atoms with E-state index in [-0.39, 0.29) is 11.3 Å². The highest BCUT2D eigenvalue weighted by Gasteiger charge is 2.25. The van der Waals surface area contributed by atoms with Gasteiger partial charge in [-0.2, -0.15) is 0 Å². The first-order chi connectivity index (χ1) is 9.84. The molecule has 0 atom stereocenters. The predicted molar refractivity (Wildman–Crippen MR) is 90.0 cm³/mol. The van der Waals surface area contributed by atoms with Gasteiger partial charge in [-0.3, -0.25) is 4.79 Å². The zero-order valence-corrected chi connectivity index (χ0v) is 14.5. The molecule has 4 nitrogen and oxygen atoms in total. The number of hydrogen-bond donors (Lipinski definition) is 1. The molecule has 2 aromatic heterocycles. The van der Waals surface area contributed by atoms with E-state index in [1.165, 1.54) is 11.3 Å². The van der Waals surface area contributed by atoms with Crippen LogP contribution in [0, 0.1) is 12.3 Å². The maximum Gasteiger partial charge on any atom is 0.265 e. The summed E-state index contributed by atoms with van der Waals surface area (Å²) in [5.41, 5.74) is 6.46. The molecule has 0 fully saturated rings. The van der Waals surface area contributed by atoms with Crippen LogP contribution in [0.25, 0.3) is 9.88 Å². The molecule has 0 bridgehead atoms. The van der Waals surface area contributed by atoms with Crippen LogP contribution >= 0.6 is 22.7 Å². The molecule has 6 heteroatoms. The Hall–Kier alpha value is -1.24. The van der Waals surface area contributed by atoms with Crippen molar-refractivity contribution >= 4 is 28.6 Å². The molecule has 2 aromatic rings. The van der Waals surface area contributed by atoms with E-state index in [9.17, 15) is 4.79 Å². The lowest BCUT2D eigenvalue weighted by molar-refractivity contribution is 0.0744.